The van der Waals surface area contributed by atoms with Gasteiger partial charge in [0.1, 0.15) is 0 Å². The molecule has 1 aromatic carbocycles. The number of aliphatic hydroxyl groups excluding tert-OH is 1. The molecule has 1 fully saturated rings. The number of nitrogens with one attached hydrogen (secondary N) is 1. The summed E-state index contributed by atoms with van der Waals surface area (Å²) in [6, 6.07) is 5.33. The Morgan fingerprint density at radius 3 is 2.74 bits per heavy atom. The first-order chi connectivity index (χ1) is 8.97. The van der Waals surface area contributed by atoms with Crippen LogP contribution in [0.15, 0.2) is 18.2 Å². The molecule has 5 nitrogen and oxygen atoms in total. The smallest absolute Gasteiger partial charge is 0.253 e. The Balaban J connectivity index is 2.03. The van der Waals surface area contributed by atoms with Crippen LogP contribution in [0.1, 0.15) is 23.2 Å². The van der Waals surface area contributed by atoms with Gasteiger partial charge in [-0.15, -0.1) is 0 Å². The van der Waals surface area contributed by atoms with Crippen molar-refractivity contribution in [2.45, 2.75) is 18.9 Å². The van der Waals surface area contributed by atoms with Crippen molar-refractivity contribution < 1.29 is 9.90 Å². The molecule has 0 atom stereocenters. The lowest BCUT2D eigenvalue weighted by atomic mass is 9.82. The van der Waals surface area contributed by atoms with Gasteiger partial charge in [-0.3, -0.25) is 4.79 Å². The molecule has 0 aliphatic heterocycles. The molecular formula is C14H21N3O2. The SMILES string of the molecule is CN(C)c1ccc(N)cc1C(=O)NCC1CC(O)C1. The van der Waals surface area contributed by atoms with E-state index in [-0.39, 0.29) is 12.0 Å². The minimum atomic E-state index is -0.188. The van der Waals surface area contributed by atoms with E-state index in [1.54, 1.807) is 12.1 Å². The number of aliphatic hydroxyl groups is 1. The number of anilines is 2. The Labute approximate surface area is 113 Å². The summed E-state index contributed by atoms with van der Waals surface area (Å²) in [4.78, 5) is 14.1. The van der Waals surface area contributed by atoms with E-state index < -0.39 is 0 Å². The zero-order valence-corrected chi connectivity index (χ0v) is 11.4. The maximum absolute atomic E-state index is 12.2. The number of nitrogens with two attached hydrogens (primary N) is 1. The molecule has 0 radical (unpaired) electrons. The topological polar surface area (TPSA) is 78.6 Å². The average molecular weight is 263 g/mol. The summed E-state index contributed by atoms with van der Waals surface area (Å²) in [5.41, 5.74) is 7.76. The van der Waals surface area contributed by atoms with Crippen LogP contribution in [0.25, 0.3) is 0 Å². The van der Waals surface area contributed by atoms with Crippen molar-refractivity contribution in [2.24, 2.45) is 5.92 Å². The van der Waals surface area contributed by atoms with Crippen LogP contribution in [0.3, 0.4) is 0 Å². The summed E-state index contributed by atoms with van der Waals surface area (Å²) in [5.74, 6) is 0.278. The molecule has 104 valence electrons. The highest BCUT2D eigenvalue weighted by atomic mass is 16.3. The predicted octanol–water partition coefficient (Wildman–Crippen LogP) is 0.835. The quantitative estimate of drug-likeness (QED) is 0.703. The Hall–Kier alpha value is -1.75. The lowest BCUT2D eigenvalue weighted by molar-refractivity contribution is 0.0420. The molecule has 0 unspecified atom stereocenters. The number of hydrogen-bond donors (Lipinski definition) is 3. The number of benzene rings is 1. The summed E-state index contributed by atoms with van der Waals surface area (Å²) < 4.78 is 0. The second-order valence-corrected chi connectivity index (χ2v) is 5.37. The number of amides is 1. The monoisotopic (exact) mass is 263 g/mol. The summed E-state index contributed by atoms with van der Waals surface area (Å²) in [7, 11) is 3.79. The lowest BCUT2D eigenvalue weighted by Gasteiger charge is -2.31. The number of nitrogens with zero attached hydrogens (tertiary/aromatic N) is 1. The van der Waals surface area contributed by atoms with Crippen molar-refractivity contribution in [2.75, 3.05) is 31.3 Å². The molecule has 4 N–H and O–H groups in total. The number of carbonyl (C=O) groups excluding carboxylic acids is 1. The molecule has 1 aliphatic carbocycles. The van der Waals surface area contributed by atoms with Crippen LogP contribution in [-0.4, -0.2) is 37.8 Å². The van der Waals surface area contributed by atoms with Gasteiger partial charge in [0.25, 0.3) is 5.91 Å². The molecule has 1 aromatic rings. The molecule has 0 spiro atoms. The van der Waals surface area contributed by atoms with E-state index >= 15 is 0 Å². The van der Waals surface area contributed by atoms with Gasteiger partial charge in [0.05, 0.1) is 11.7 Å². The van der Waals surface area contributed by atoms with Crippen molar-refractivity contribution in [3.05, 3.63) is 23.8 Å². The van der Waals surface area contributed by atoms with E-state index in [0.29, 0.717) is 23.7 Å². The van der Waals surface area contributed by atoms with Crippen LogP contribution < -0.4 is 16.0 Å². The Morgan fingerprint density at radius 1 is 1.47 bits per heavy atom. The molecule has 1 amide bonds. The van der Waals surface area contributed by atoms with E-state index in [9.17, 15) is 9.90 Å². The van der Waals surface area contributed by atoms with Gasteiger partial charge < -0.3 is 21.1 Å². The third kappa shape index (κ3) is 3.17. The van der Waals surface area contributed by atoms with Gasteiger partial charge in [0, 0.05) is 32.0 Å². The maximum Gasteiger partial charge on any atom is 0.253 e. The number of nitrogen functional groups attached to an aromatic ring is 1. The predicted molar refractivity (Wildman–Crippen MR) is 76.2 cm³/mol. The van der Waals surface area contributed by atoms with E-state index in [0.717, 1.165) is 18.5 Å². The summed E-state index contributed by atoms with van der Waals surface area (Å²) in [6.07, 6.45) is 1.36. The zero-order chi connectivity index (χ0) is 14.0. The van der Waals surface area contributed by atoms with E-state index in [1.165, 1.54) is 0 Å². The normalized spacial score (nSPS) is 21.6. The first kappa shape index (κ1) is 13.7. The third-order valence-electron chi connectivity index (χ3n) is 3.51. The van der Waals surface area contributed by atoms with Gasteiger partial charge in [-0.1, -0.05) is 0 Å². The van der Waals surface area contributed by atoms with Crippen molar-refractivity contribution in [3.63, 3.8) is 0 Å². The second kappa shape index (κ2) is 5.48. The number of carbonyl (C=O) groups is 1. The fourth-order valence-electron chi connectivity index (χ4n) is 2.32. The van der Waals surface area contributed by atoms with Gasteiger partial charge in [-0.05, 0) is 37.0 Å². The molecule has 0 bridgehead atoms. The molecule has 2 rings (SSSR count). The molecule has 5 heteroatoms. The minimum absolute atomic E-state index is 0.114. The van der Waals surface area contributed by atoms with Crippen molar-refractivity contribution >= 4 is 17.3 Å². The van der Waals surface area contributed by atoms with Gasteiger partial charge in [-0.2, -0.15) is 0 Å². The second-order valence-electron chi connectivity index (χ2n) is 5.37. The Kier molecular flexibility index (Phi) is 3.95. The number of rotatable bonds is 4. The Morgan fingerprint density at radius 2 is 2.16 bits per heavy atom. The zero-order valence-electron chi connectivity index (χ0n) is 11.4. The van der Waals surface area contributed by atoms with E-state index in [4.69, 9.17) is 5.73 Å². The van der Waals surface area contributed by atoms with Crippen molar-refractivity contribution in [1.29, 1.82) is 0 Å². The van der Waals surface area contributed by atoms with Gasteiger partial charge >= 0.3 is 0 Å². The highest BCUT2D eigenvalue weighted by Crippen LogP contribution is 2.26. The average Bonchev–Trinajstić information content (AvgIpc) is 2.32. The molecular weight excluding hydrogens is 242 g/mol. The molecule has 19 heavy (non-hydrogen) atoms. The van der Waals surface area contributed by atoms with Gasteiger partial charge in [0.2, 0.25) is 0 Å². The van der Waals surface area contributed by atoms with Gasteiger partial charge in [0.15, 0.2) is 0 Å². The van der Waals surface area contributed by atoms with Crippen LogP contribution in [0.5, 0.6) is 0 Å². The lowest BCUT2D eigenvalue weighted by Crippen LogP contribution is -2.38. The number of hydrogen-bond acceptors (Lipinski definition) is 4. The largest absolute Gasteiger partial charge is 0.399 e. The molecule has 0 heterocycles. The van der Waals surface area contributed by atoms with Crippen molar-refractivity contribution in [1.82, 2.24) is 5.32 Å². The molecule has 1 saturated carbocycles. The Bertz CT molecular complexity index is 468. The van der Waals surface area contributed by atoms with Crippen LogP contribution >= 0.6 is 0 Å². The third-order valence-corrected chi connectivity index (χ3v) is 3.51. The summed E-state index contributed by atoms with van der Waals surface area (Å²) in [6.45, 7) is 0.609. The molecule has 0 saturated heterocycles. The van der Waals surface area contributed by atoms with Crippen LogP contribution in [0.2, 0.25) is 0 Å². The molecule has 0 aromatic heterocycles. The van der Waals surface area contributed by atoms with E-state index in [2.05, 4.69) is 5.32 Å². The standard InChI is InChI=1S/C14H21N3O2/c1-17(2)13-4-3-10(15)7-12(13)14(19)16-8-9-5-11(18)6-9/h3-4,7,9,11,18H,5-6,8,15H2,1-2H3,(H,16,19). The first-order valence-electron chi connectivity index (χ1n) is 6.50. The van der Waals surface area contributed by atoms with E-state index in [1.807, 2.05) is 25.1 Å². The highest BCUT2D eigenvalue weighted by Gasteiger charge is 2.27. The highest BCUT2D eigenvalue weighted by molar-refractivity contribution is 6.00. The van der Waals surface area contributed by atoms with Gasteiger partial charge in [-0.25, -0.2) is 0 Å². The fraction of sp³-hybridized carbons (Fsp3) is 0.500. The maximum atomic E-state index is 12.2. The molecule has 1 aliphatic rings. The van der Waals surface area contributed by atoms with Crippen LogP contribution in [-0.2, 0) is 0 Å². The summed E-state index contributed by atoms with van der Waals surface area (Å²) in [5, 5.41) is 12.1. The van der Waals surface area contributed by atoms with Crippen LogP contribution in [0.4, 0.5) is 11.4 Å². The minimum Gasteiger partial charge on any atom is -0.399 e. The van der Waals surface area contributed by atoms with Crippen LogP contribution in [0, 0.1) is 5.92 Å². The van der Waals surface area contributed by atoms with Crippen molar-refractivity contribution in [3.8, 4) is 0 Å². The fourth-order valence-corrected chi connectivity index (χ4v) is 2.32. The first-order valence-corrected chi connectivity index (χ1v) is 6.50. The summed E-state index contributed by atoms with van der Waals surface area (Å²) >= 11 is 0.